The first-order valence-electron chi connectivity index (χ1n) is 17.2. The molecule has 1 saturated heterocycles. The van der Waals surface area contributed by atoms with Crippen molar-refractivity contribution in [1.29, 1.82) is 0 Å². The average Bonchev–Trinajstić information content (AvgIpc) is 3.45. The molecule has 0 N–H and O–H groups in total. The van der Waals surface area contributed by atoms with Crippen molar-refractivity contribution in [2.24, 2.45) is 5.92 Å². The number of hydrogen-bond acceptors (Lipinski definition) is 5. The van der Waals surface area contributed by atoms with Crippen LogP contribution in [0.25, 0.3) is 0 Å². The molecule has 0 bridgehead atoms. The van der Waals surface area contributed by atoms with Crippen LogP contribution in [-0.2, 0) is 32.1 Å². The number of rotatable bonds is 24. The third kappa shape index (κ3) is 16.0. The van der Waals surface area contributed by atoms with Gasteiger partial charge in [-0.15, -0.1) is 0 Å². The van der Waals surface area contributed by atoms with Gasteiger partial charge in [-0.05, 0) is 19.8 Å². The Bertz CT molecular complexity index is 848. The average molecular weight is 590 g/mol. The molecule has 1 fully saturated rings. The summed E-state index contributed by atoms with van der Waals surface area (Å²) in [5, 5.41) is 0. The van der Waals surface area contributed by atoms with Gasteiger partial charge in [0, 0.05) is 31.6 Å². The van der Waals surface area contributed by atoms with Gasteiger partial charge in [0.1, 0.15) is 19.7 Å². The Hall–Kier alpha value is -1.99. The lowest BCUT2D eigenvalue weighted by molar-refractivity contribution is -0.701. The minimum Gasteiger partial charge on any atom is -0.446 e. The first-order valence-corrected chi connectivity index (χ1v) is 17.2. The number of imide groups is 1. The number of pyridine rings is 1. The summed E-state index contributed by atoms with van der Waals surface area (Å²) in [7, 11) is 0. The fourth-order valence-corrected chi connectivity index (χ4v) is 5.69. The fraction of sp³-hybridized carbons (Fsp3) is 0.800. The van der Waals surface area contributed by atoms with E-state index in [1.807, 2.05) is 35.9 Å². The maximum Gasteiger partial charge on any atom is 0.417 e. The van der Waals surface area contributed by atoms with E-state index in [0.717, 1.165) is 36.6 Å². The molecule has 42 heavy (non-hydrogen) atoms. The van der Waals surface area contributed by atoms with E-state index < -0.39 is 6.09 Å². The maximum absolute atomic E-state index is 12.7. The molecular formula is C35H61N2O5+. The first-order chi connectivity index (χ1) is 20.5. The molecule has 0 aliphatic carbocycles. The number of nitrogens with zero attached hydrogens (tertiary/aromatic N) is 2. The molecular weight excluding hydrogens is 528 g/mol. The van der Waals surface area contributed by atoms with Crippen molar-refractivity contribution in [3.05, 3.63) is 30.1 Å². The summed E-state index contributed by atoms with van der Waals surface area (Å²) in [6.45, 7) is 8.91. The van der Waals surface area contributed by atoms with Crippen molar-refractivity contribution in [3.8, 4) is 0 Å². The largest absolute Gasteiger partial charge is 0.446 e. The predicted octanol–water partition coefficient (Wildman–Crippen LogP) is 8.16. The molecule has 1 aromatic heterocycles. The molecule has 1 aliphatic heterocycles. The molecule has 0 radical (unpaired) electrons. The summed E-state index contributed by atoms with van der Waals surface area (Å²) >= 11 is 0. The van der Waals surface area contributed by atoms with Crippen LogP contribution in [-0.4, -0.2) is 49.4 Å². The zero-order valence-corrected chi connectivity index (χ0v) is 27.2. The highest BCUT2D eigenvalue weighted by Crippen LogP contribution is 2.21. The van der Waals surface area contributed by atoms with Crippen LogP contribution in [0.3, 0.4) is 0 Å². The number of unbranched alkanes of at least 4 members (excludes halogenated alkanes) is 15. The van der Waals surface area contributed by atoms with Crippen LogP contribution >= 0.6 is 0 Å². The Labute approximate surface area is 256 Å². The van der Waals surface area contributed by atoms with Gasteiger partial charge in [0.2, 0.25) is 11.6 Å². The normalized spacial score (nSPS) is 16.5. The third-order valence-electron chi connectivity index (χ3n) is 8.35. The molecule has 0 saturated carbocycles. The van der Waals surface area contributed by atoms with Gasteiger partial charge in [0.15, 0.2) is 6.20 Å². The monoisotopic (exact) mass is 589 g/mol. The minimum atomic E-state index is -0.624. The Morgan fingerprint density at radius 3 is 2.02 bits per heavy atom. The standard InChI is InChI=1S/C35H61N2O5/c1-4-6-7-8-9-10-11-12-13-14-15-16-17-18-19-22-25-40-28-32-26-34(41-29-32)30-42-35(39)37(31(3)38)27-33-23-20-21-24-36(33)5-2/h20-21,23-24,32,34H,4-19,22,25-30H2,1-3H3/q+1/t32-,34-/m1/s1. The van der Waals surface area contributed by atoms with Gasteiger partial charge in [-0.25, -0.2) is 14.3 Å². The van der Waals surface area contributed by atoms with Gasteiger partial charge in [-0.2, -0.15) is 0 Å². The molecule has 1 aromatic rings. The maximum atomic E-state index is 12.7. The molecule has 2 rings (SSSR count). The molecule has 7 nitrogen and oxygen atoms in total. The number of carbonyl (C=O) groups is 2. The Balaban J connectivity index is 1.42. The summed E-state index contributed by atoms with van der Waals surface area (Å²) < 4.78 is 19.2. The highest BCUT2D eigenvalue weighted by atomic mass is 16.6. The van der Waals surface area contributed by atoms with E-state index in [-0.39, 0.29) is 25.2 Å². The van der Waals surface area contributed by atoms with Crippen LogP contribution in [0.4, 0.5) is 4.79 Å². The van der Waals surface area contributed by atoms with E-state index in [1.165, 1.54) is 103 Å². The van der Waals surface area contributed by atoms with E-state index in [9.17, 15) is 9.59 Å². The van der Waals surface area contributed by atoms with Crippen molar-refractivity contribution in [3.63, 3.8) is 0 Å². The SMILES string of the molecule is CCCCCCCCCCCCCCCCCCOC[C@@H]1CO[C@@H](COC(=O)N(Cc2cccc[n+]2CC)C(C)=O)C1. The number of aromatic nitrogens is 1. The lowest BCUT2D eigenvalue weighted by atomic mass is 10.0. The second-order valence-electron chi connectivity index (χ2n) is 12.1. The van der Waals surface area contributed by atoms with Crippen molar-refractivity contribution in [2.45, 2.75) is 149 Å². The van der Waals surface area contributed by atoms with Crippen LogP contribution in [0.1, 0.15) is 136 Å². The molecule has 2 amide bonds. The zero-order chi connectivity index (χ0) is 30.3. The van der Waals surface area contributed by atoms with Crippen molar-refractivity contribution >= 4 is 12.0 Å². The van der Waals surface area contributed by atoms with Crippen LogP contribution in [0.5, 0.6) is 0 Å². The first kappa shape index (κ1) is 36.2. The van der Waals surface area contributed by atoms with E-state index in [4.69, 9.17) is 14.2 Å². The second kappa shape index (κ2) is 23.5. The summed E-state index contributed by atoms with van der Waals surface area (Å²) in [5.74, 6) is -0.00860. The number of ether oxygens (including phenoxy) is 3. The molecule has 2 atom stereocenters. The van der Waals surface area contributed by atoms with Crippen molar-refractivity contribution in [2.75, 3.05) is 26.4 Å². The van der Waals surface area contributed by atoms with Crippen molar-refractivity contribution < 1.29 is 28.4 Å². The second-order valence-corrected chi connectivity index (χ2v) is 12.1. The number of aryl methyl sites for hydroxylation is 1. The Morgan fingerprint density at radius 2 is 1.45 bits per heavy atom. The fourth-order valence-electron chi connectivity index (χ4n) is 5.69. The highest BCUT2D eigenvalue weighted by molar-refractivity contribution is 5.90. The van der Waals surface area contributed by atoms with Crippen LogP contribution in [0, 0.1) is 5.92 Å². The molecule has 0 unspecified atom stereocenters. The summed E-state index contributed by atoms with van der Waals surface area (Å²) in [4.78, 5) is 26.0. The quantitative estimate of drug-likeness (QED) is 0.0899. The molecule has 1 aliphatic rings. The van der Waals surface area contributed by atoms with Gasteiger partial charge < -0.3 is 14.2 Å². The van der Waals surface area contributed by atoms with E-state index in [2.05, 4.69) is 6.92 Å². The van der Waals surface area contributed by atoms with Gasteiger partial charge in [-0.3, -0.25) is 4.79 Å². The Morgan fingerprint density at radius 1 is 0.857 bits per heavy atom. The van der Waals surface area contributed by atoms with Gasteiger partial charge >= 0.3 is 6.09 Å². The predicted molar refractivity (Wildman–Crippen MR) is 168 cm³/mol. The van der Waals surface area contributed by atoms with E-state index >= 15 is 0 Å². The third-order valence-corrected chi connectivity index (χ3v) is 8.35. The number of carbonyl (C=O) groups excluding carboxylic acids is 2. The minimum absolute atomic E-state index is 0.149. The van der Waals surface area contributed by atoms with Crippen molar-refractivity contribution in [1.82, 2.24) is 4.90 Å². The molecule has 0 aromatic carbocycles. The van der Waals surface area contributed by atoms with E-state index in [0.29, 0.717) is 19.1 Å². The summed E-state index contributed by atoms with van der Waals surface area (Å²) in [5.41, 5.74) is 0.880. The smallest absolute Gasteiger partial charge is 0.417 e. The molecule has 240 valence electrons. The lowest BCUT2D eigenvalue weighted by Crippen LogP contribution is -2.43. The summed E-state index contributed by atoms with van der Waals surface area (Å²) in [6, 6.07) is 5.75. The van der Waals surface area contributed by atoms with Gasteiger partial charge in [0.25, 0.3) is 0 Å². The van der Waals surface area contributed by atoms with E-state index in [1.54, 1.807) is 0 Å². The van der Waals surface area contributed by atoms with Crippen LogP contribution in [0.2, 0.25) is 0 Å². The Kier molecular flexibility index (Phi) is 20.2. The zero-order valence-electron chi connectivity index (χ0n) is 27.2. The molecule has 2 heterocycles. The van der Waals surface area contributed by atoms with Crippen LogP contribution < -0.4 is 4.57 Å². The molecule has 7 heteroatoms. The van der Waals surface area contributed by atoms with Gasteiger partial charge in [-0.1, -0.05) is 109 Å². The number of amides is 2. The highest BCUT2D eigenvalue weighted by Gasteiger charge is 2.29. The van der Waals surface area contributed by atoms with Crippen LogP contribution in [0.15, 0.2) is 24.4 Å². The molecule has 0 spiro atoms. The van der Waals surface area contributed by atoms with Gasteiger partial charge in [0.05, 0.1) is 19.3 Å². The lowest BCUT2D eigenvalue weighted by Gasteiger charge is -2.19. The number of hydrogen-bond donors (Lipinski definition) is 0. The summed E-state index contributed by atoms with van der Waals surface area (Å²) in [6.07, 6.45) is 23.9. The topological polar surface area (TPSA) is 69.0 Å².